The molecule has 0 spiro atoms. The standard InChI is InChI=1S/C19H23N3O/c20-19(23)16-11-18(21-17-8-4-3-7-15(16)17)22-10-9-13-5-1-2-6-14(13)12-22/h3-4,7-8,11,13-14H,1-2,5-6,9-10,12H2,(H2,20,23)/t13-,14-/m0/s1. The number of anilines is 1. The van der Waals surface area contributed by atoms with Gasteiger partial charge in [-0.2, -0.15) is 0 Å². The molecular weight excluding hydrogens is 286 g/mol. The molecule has 0 bridgehead atoms. The van der Waals surface area contributed by atoms with E-state index in [4.69, 9.17) is 10.7 Å². The molecule has 2 aliphatic rings. The van der Waals surface area contributed by atoms with Crippen LogP contribution in [-0.2, 0) is 0 Å². The van der Waals surface area contributed by atoms with Crippen LogP contribution in [0.3, 0.4) is 0 Å². The molecule has 0 unspecified atom stereocenters. The Morgan fingerprint density at radius 1 is 1.13 bits per heavy atom. The largest absolute Gasteiger partial charge is 0.366 e. The van der Waals surface area contributed by atoms with Gasteiger partial charge < -0.3 is 10.6 Å². The zero-order valence-electron chi connectivity index (χ0n) is 13.4. The summed E-state index contributed by atoms with van der Waals surface area (Å²) in [5.41, 5.74) is 7.03. The van der Waals surface area contributed by atoms with Crippen LogP contribution in [0.2, 0.25) is 0 Å². The number of piperidine rings is 1. The summed E-state index contributed by atoms with van der Waals surface area (Å²) in [6.45, 7) is 2.10. The molecule has 0 radical (unpaired) electrons. The lowest BCUT2D eigenvalue weighted by Gasteiger charge is -2.42. The molecule has 2 fully saturated rings. The van der Waals surface area contributed by atoms with E-state index in [0.29, 0.717) is 5.56 Å². The van der Waals surface area contributed by atoms with E-state index in [1.165, 1.54) is 32.1 Å². The van der Waals surface area contributed by atoms with Gasteiger partial charge in [-0.15, -0.1) is 0 Å². The zero-order valence-corrected chi connectivity index (χ0v) is 13.4. The van der Waals surface area contributed by atoms with Gasteiger partial charge in [-0.1, -0.05) is 37.5 Å². The lowest BCUT2D eigenvalue weighted by molar-refractivity contribution is 0.100. The Kier molecular flexibility index (Phi) is 3.68. The second-order valence-electron chi connectivity index (χ2n) is 6.95. The summed E-state index contributed by atoms with van der Waals surface area (Å²) in [6.07, 6.45) is 6.70. The van der Waals surface area contributed by atoms with Crippen molar-refractivity contribution in [2.45, 2.75) is 32.1 Å². The van der Waals surface area contributed by atoms with E-state index in [0.717, 1.165) is 41.6 Å². The van der Waals surface area contributed by atoms with E-state index in [2.05, 4.69) is 4.90 Å². The molecule has 1 aromatic heterocycles. The van der Waals surface area contributed by atoms with Gasteiger partial charge in [0.25, 0.3) is 0 Å². The van der Waals surface area contributed by atoms with Crippen LogP contribution in [0, 0.1) is 11.8 Å². The fraction of sp³-hybridized carbons (Fsp3) is 0.474. The van der Waals surface area contributed by atoms with Crippen LogP contribution < -0.4 is 10.6 Å². The van der Waals surface area contributed by atoms with E-state index < -0.39 is 0 Å². The number of nitrogens with two attached hydrogens (primary N) is 1. The van der Waals surface area contributed by atoms with Gasteiger partial charge in [0.15, 0.2) is 0 Å². The van der Waals surface area contributed by atoms with Crippen molar-refractivity contribution in [1.82, 2.24) is 4.98 Å². The number of aromatic nitrogens is 1. The summed E-state index contributed by atoms with van der Waals surface area (Å²) in [5, 5.41) is 0.844. The third-order valence-electron chi connectivity index (χ3n) is 5.58. The van der Waals surface area contributed by atoms with Gasteiger partial charge >= 0.3 is 0 Å². The van der Waals surface area contributed by atoms with E-state index in [1.807, 2.05) is 30.3 Å². The number of nitrogens with zero attached hydrogens (tertiary/aromatic N) is 2. The van der Waals surface area contributed by atoms with Gasteiger partial charge in [-0.3, -0.25) is 4.79 Å². The fourth-order valence-electron chi connectivity index (χ4n) is 4.34. The fourth-order valence-corrected chi connectivity index (χ4v) is 4.34. The molecule has 2 heterocycles. The number of fused-ring (bicyclic) bond motifs is 2. The maximum Gasteiger partial charge on any atom is 0.249 e. The topological polar surface area (TPSA) is 59.2 Å². The smallest absolute Gasteiger partial charge is 0.249 e. The van der Waals surface area contributed by atoms with Crippen molar-refractivity contribution in [2.24, 2.45) is 17.6 Å². The molecule has 120 valence electrons. The molecule has 1 saturated carbocycles. The minimum atomic E-state index is -0.377. The molecule has 1 saturated heterocycles. The highest BCUT2D eigenvalue weighted by Crippen LogP contribution is 2.37. The SMILES string of the molecule is NC(=O)c1cc(N2CC[C@@H]3CCCC[C@H]3C2)nc2ccccc12. The van der Waals surface area contributed by atoms with Crippen molar-refractivity contribution in [3.8, 4) is 0 Å². The number of amides is 1. The number of carbonyl (C=O) groups excluding carboxylic acids is 1. The van der Waals surface area contributed by atoms with Gasteiger partial charge in [0.1, 0.15) is 5.82 Å². The normalized spacial score (nSPS) is 24.4. The van der Waals surface area contributed by atoms with Gasteiger partial charge in [0, 0.05) is 18.5 Å². The molecule has 2 atom stereocenters. The number of primary amides is 1. The lowest BCUT2D eigenvalue weighted by atomic mass is 9.75. The number of benzene rings is 1. The maximum atomic E-state index is 11.9. The molecule has 4 heteroatoms. The molecule has 1 aromatic carbocycles. The van der Waals surface area contributed by atoms with Crippen LogP contribution in [0.1, 0.15) is 42.5 Å². The Balaban J connectivity index is 1.70. The summed E-state index contributed by atoms with van der Waals surface area (Å²) in [7, 11) is 0. The average Bonchev–Trinajstić information content (AvgIpc) is 2.60. The van der Waals surface area contributed by atoms with Crippen molar-refractivity contribution < 1.29 is 4.79 Å². The number of hydrogen-bond donors (Lipinski definition) is 1. The predicted octanol–water partition coefficient (Wildman–Crippen LogP) is 3.35. The summed E-state index contributed by atoms with van der Waals surface area (Å²) in [6, 6.07) is 9.63. The lowest BCUT2D eigenvalue weighted by Crippen LogP contribution is -2.42. The first kappa shape index (κ1) is 14.5. The first-order chi connectivity index (χ1) is 11.2. The molecule has 4 rings (SSSR count). The summed E-state index contributed by atoms with van der Waals surface area (Å²) < 4.78 is 0. The molecular formula is C19H23N3O. The van der Waals surface area contributed by atoms with E-state index in [9.17, 15) is 4.79 Å². The molecule has 1 aliphatic carbocycles. The van der Waals surface area contributed by atoms with Gasteiger partial charge in [-0.25, -0.2) is 4.98 Å². The summed E-state index contributed by atoms with van der Waals surface area (Å²) >= 11 is 0. The van der Waals surface area contributed by atoms with Gasteiger partial charge in [0.2, 0.25) is 5.91 Å². The molecule has 1 amide bonds. The summed E-state index contributed by atoms with van der Waals surface area (Å²) in [5.74, 6) is 2.19. The van der Waals surface area contributed by atoms with Gasteiger partial charge in [-0.05, 0) is 36.8 Å². The minimum absolute atomic E-state index is 0.377. The molecule has 2 N–H and O–H groups in total. The molecule has 4 nitrogen and oxygen atoms in total. The highest BCUT2D eigenvalue weighted by Gasteiger charge is 2.31. The van der Waals surface area contributed by atoms with Crippen LogP contribution in [0.4, 0.5) is 5.82 Å². The summed E-state index contributed by atoms with van der Waals surface area (Å²) in [4.78, 5) is 19.0. The van der Waals surface area contributed by atoms with Crippen molar-refractivity contribution in [1.29, 1.82) is 0 Å². The van der Waals surface area contributed by atoms with Crippen LogP contribution in [-0.4, -0.2) is 24.0 Å². The van der Waals surface area contributed by atoms with Crippen LogP contribution >= 0.6 is 0 Å². The van der Waals surface area contributed by atoms with E-state index in [-0.39, 0.29) is 5.91 Å². The van der Waals surface area contributed by atoms with Crippen LogP contribution in [0.5, 0.6) is 0 Å². The number of carbonyl (C=O) groups is 1. The number of rotatable bonds is 2. The molecule has 23 heavy (non-hydrogen) atoms. The Labute approximate surface area is 136 Å². The Bertz CT molecular complexity index is 742. The van der Waals surface area contributed by atoms with Crippen molar-refractivity contribution in [3.05, 3.63) is 35.9 Å². The van der Waals surface area contributed by atoms with Crippen molar-refractivity contribution >= 4 is 22.6 Å². The minimum Gasteiger partial charge on any atom is -0.366 e. The number of hydrogen-bond acceptors (Lipinski definition) is 3. The van der Waals surface area contributed by atoms with E-state index in [1.54, 1.807) is 0 Å². The zero-order chi connectivity index (χ0) is 15.8. The Morgan fingerprint density at radius 2 is 1.91 bits per heavy atom. The third kappa shape index (κ3) is 2.67. The second kappa shape index (κ2) is 5.84. The molecule has 2 aromatic rings. The monoisotopic (exact) mass is 309 g/mol. The van der Waals surface area contributed by atoms with Gasteiger partial charge in [0.05, 0.1) is 11.1 Å². The highest BCUT2D eigenvalue weighted by molar-refractivity contribution is 6.06. The Morgan fingerprint density at radius 3 is 2.74 bits per heavy atom. The quantitative estimate of drug-likeness (QED) is 0.925. The highest BCUT2D eigenvalue weighted by atomic mass is 16.1. The number of pyridine rings is 1. The van der Waals surface area contributed by atoms with Crippen LogP contribution in [0.15, 0.2) is 30.3 Å². The number of para-hydroxylation sites is 1. The van der Waals surface area contributed by atoms with Crippen molar-refractivity contribution in [2.75, 3.05) is 18.0 Å². The van der Waals surface area contributed by atoms with E-state index >= 15 is 0 Å². The second-order valence-corrected chi connectivity index (χ2v) is 6.95. The first-order valence-corrected chi connectivity index (χ1v) is 8.67. The Hall–Kier alpha value is -2.10. The maximum absolute atomic E-state index is 11.9. The third-order valence-corrected chi connectivity index (χ3v) is 5.58. The first-order valence-electron chi connectivity index (χ1n) is 8.67. The van der Waals surface area contributed by atoms with Crippen molar-refractivity contribution in [3.63, 3.8) is 0 Å². The average molecular weight is 309 g/mol. The van der Waals surface area contributed by atoms with Crippen LogP contribution in [0.25, 0.3) is 10.9 Å². The predicted molar refractivity (Wildman–Crippen MR) is 92.5 cm³/mol. The molecule has 1 aliphatic heterocycles.